The Bertz CT molecular complexity index is 1220. The number of carbonyl (C=O) groups excluding carboxylic acids is 1. The summed E-state index contributed by atoms with van der Waals surface area (Å²) in [6, 6.07) is 10.8. The molecule has 7 nitrogen and oxygen atoms in total. The van der Waals surface area contributed by atoms with Crippen LogP contribution in [0.2, 0.25) is 0 Å². The van der Waals surface area contributed by atoms with Crippen LogP contribution in [0.1, 0.15) is 44.7 Å². The average molecular weight is 475 g/mol. The van der Waals surface area contributed by atoms with Crippen molar-refractivity contribution in [1.82, 2.24) is 14.5 Å². The molecule has 1 fully saturated rings. The average Bonchev–Trinajstić information content (AvgIpc) is 3.25. The molecule has 1 amide bonds. The Balaban J connectivity index is 1.48. The number of piperidine rings is 1. The van der Waals surface area contributed by atoms with Crippen LogP contribution in [-0.4, -0.2) is 41.9 Å². The lowest BCUT2D eigenvalue weighted by molar-refractivity contribution is 0.102. The van der Waals surface area contributed by atoms with Gasteiger partial charge in [-0.05, 0) is 74.2 Å². The van der Waals surface area contributed by atoms with Gasteiger partial charge in [-0.15, -0.1) is 10.2 Å². The summed E-state index contributed by atoms with van der Waals surface area (Å²) in [6.45, 7) is 4.50. The first-order valence-electron chi connectivity index (χ1n) is 10.2. The Hall–Kier alpha value is -2.69. The first-order chi connectivity index (χ1) is 15.2. The first kappa shape index (κ1) is 22.5. The largest absolute Gasteiger partial charge is 0.320 e. The van der Waals surface area contributed by atoms with Crippen LogP contribution in [0.15, 0.2) is 47.4 Å². The number of sulfonamides is 1. The molecule has 1 atom stereocenters. The molecule has 1 N–H and O–H groups in total. The Kier molecular flexibility index (Phi) is 6.36. The Morgan fingerprint density at radius 2 is 1.81 bits per heavy atom. The van der Waals surface area contributed by atoms with Crippen molar-refractivity contribution in [2.75, 3.05) is 18.4 Å². The van der Waals surface area contributed by atoms with Gasteiger partial charge in [0, 0.05) is 24.7 Å². The maximum Gasteiger partial charge on any atom is 0.286 e. The molecule has 4 rings (SSSR count). The molecule has 0 bridgehead atoms. The number of aryl methyl sites for hydroxylation is 2. The summed E-state index contributed by atoms with van der Waals surface area (Å²) >= 11 is 1.15. The van der Waals surface area contributed by atoms with Gasteiger partial charge in [0.25, 0.3) is 5.91 Å². The third-order valence-electron chi connectivity index (χ3n) is 5.30. The molecule has 0 saturated carbocycles. The Labute approximate surface area is 190 Å². The molecule has 2 heterocycles. The van der Waals surface area contributed by atoms with Gasteiger partial charge in [0.15, 0.2) is 0 Å². The molecule has 168 valence electrons. The first-order valence-corrected chi connectivity index (χ1v) is 12.5. The van der Waals surface area contributed by atoms with Gasteiger partial charge in [0.05, 0.1) is 4.90 Å². The maximum absolute atomic E-state index is 13.2. The van der Waals surface area contributed by atoms with Crippen LogP contribution in [0.5, 0.6) is 0 Å². The van der Waals surface area contributed by atoms with E-state index in [9.17, 15) is 17.6 Å². The monoisotopic (exact) mass is 474 g/mol. The molecule has 2 aromatic carbocycles. The number of rotatable bonds is 5. The lowest BCUT2D eigenvalue weighted by atomic mass is 10.0. The third-order valence-corrected chi connectivity index (χ3v) is 8.23. The van der Waals surface area contributed by atoms with E-state index in [1.165, 1.54) is 28.6 Å². The highest BCUT2D eigenvalue weighted by Crippen LogP contribution is 2.32. The number of nitrogens with one attached hydrogen (secondary N) is 1. The third kappa shape index (κ3) is 4.87. The van der Waals surface area contributed by atoms with Crippen LogP contribution in [-0.2, 0) is 10.0 Å². The molecule has 1 saturated heterocycles. The molecule has 1 aromatic heterocycles. The lowest BCUT2D eigenvalue weighted by Crippen LogP contribution is -2.39. The predicted molar refractivity (Wildman–Crippen MR) is 121 cm³/mol. The van der Waals surface area contributed by atoms with E-state index in [1.807, 2.05) is 19.9 Å². The van der Waals surface area contributed by atoms with E-state index in [2.05, 4.69) is 15.5 Å². The fraction of sp³-hybridized carbons (Fsp3) is 0.318. The van der Waals surface area contributed by atoms with Crippen molar-refractivity contribution in [3.63, 3.8) is 0 Å². The van der Waals surface area contributed by atoms with Crippen molar-refractivity contribution >= 4 is 33.0 Å². The number of hydrogen-bond donors (Lipinski definition) is 1. The van der Waals surface area contributed by atoms with E-state index in [0.717, 1.165) is 28.9 Å². The second-order valence-corrected chi connectivity index (χ2v) is 10.9. The van der Waals surface area contributed by atoms with Gasteiger partial charge in [-0.1, -0.05) is 17.4 Å². The van der Waals surface area contributed by atoms with Crippen LogP contribution >= 0.6 is 11.3 Å². The van der Waals surface area contributed by atoms with Crippen molar-refractivity contribution in [3.8, 4) is 0 Å². The van der Waals surface area contributed by atoms with E-state index in [1.54, 1.807) is 12.1 Å². The number of anilines is 1. The molecule has 0 unspecified atom stereocenters. The second kappa shape index (κ2) is 9.05. The number of carbonyl (C=O) groups is 1. The molecule has 0 radical (unpaired) electrons. The molecule has 3 aromatic rings. The summed E-state index contributed by atoms with van der Waals surface area (Å²) in [7, 11) is -3.62. The van der Waals surface area contributed by atoms with Gasteiger partial charge < -0.3 is 5.32 Å². The number of nitrogens with zero attached hydrogens (tertiary/aromatic N) is 3. The van der Waals surface area contributed by atoms with E-state index in [-0.39, 0.29) is 16.7 Å². The van der Waals surface area contributed by atoms with Crippen molar-refractivity contribution in [2.45, 2.75) is 37.5 Å². The summed E-state index contributed by atoms with van der Waals surface area (Å²) in [5.74, 6) is -0.955. The highest BCUT2D eigenvalue weighted by atomic mass is 32.2. The van der Waals surface area contributed by atoms with Crippen LogP contribution in [0.4, 0.5) is 10.1 Å². The van der Waals surface area contributed by atoms with Crippen molar-refractivity contribution in [1.29, 1.82) is 0 Å². The van der Waals surface area contributed by atoms with E-state index in [4.69, 9.17) is 0 Å². The van der Waals surface area contributed by atoms with E-state index < -0.39 is 15.9 Å². The molecule has 1 aliphatic heterocycles. The summed E-state index contributed by atoms with van der Waals surface area (Å²) in [6.07, 6.45) is 1.47. The van der Waals surface area contributed by atoms with Crippen LogP contribution < -0.4 is 5.32 Å². The molecule has 0 aliphatic carbocycles. The zero-order chi connectivity index (χ0) is 22.9. The SMILES string of the molecule is Cc1cc(C)cc(S(=O)(=O)N2CCC[C@@H](c3nnc(C(=O)Nc4ccc(F)cc4)s3)C2)c1. The molecule has 10 heteroatoms. The van der Waals surface area contributed by atoms with Gasteiger partial charge in [0.1, 0.15) is 10.8 Å². The summed E-state index contributed by atoms with van der Waals surface area (Å²) in [5, 5.41) is 11.6. The summed E-state index contributed by atoms with van der Waals surface area (Å²) < 4.78 is 41.0. The fourth-order valence-electron chi connectivity index (χ4n) is 3.80. The highest BCUT2D eigenvalue weighted by Gasteiger charge is 2.33. The quantitative estimate of drug-likeness (QED) is 0.601. The molecular formula is C22H23FN4O3S2. The number of amides is 1. The van der Waals surface area contributed by atoms with E-state index in [0.29, 0.717) is 35.1 Å². The molecule has 32 heavy (non-hydrogen) atoms. The van der Waals surface area contributed by atoms with Crippen molar-refractivity contribution in [2.24, 2.45) is 0 Å². The smallest absolute Gasteiger partial charge is 0.286 e. The normalized spacial score (nSPS) is 17.3. The van der Waals surface area contributed by atoms with Crippen molar-refractivity contribution in [3.05, 3.63) is 69.4 Å². The lowest BCUT2D eigenvalue weighted by Gasteiger charge is -2.30. The van der Waals surface area contributed by atoms with Gasteiger partial charge in [0.2, 0.25) is 15.0 Å². The minimum absolute atomic E-state index is 0.130. The number of aromatic nitrogens is 2. The fourth-order valence-corrected chi connectivity index (χ4v) is 6.38. The molecule has 0 spiro atoms. The minimum Gasteiger partial charge on any atom is -0.320 e. The number of benzene rings is 2. The minimum atomic E-state index is -3.62. The van der Waals surface area contributed by atoms with Gasteiger partial charge in [-0.3, -0.25) is 4.79 Å². The van der Waals surface area contributed by atoms with Crippen molar-refractivity contribution < 1.29 is 17.6 Å². The zero-order valence-electron chi connectivity index (χ0n) is 17.7. The zero-order valence-corrected chi connectivity index (χ0v) is 19.3. The number of hydrogen-bond acceptors (Lipinski definition) is 6. The van der Waals surface area contributed by atoms with Crippen LogP contribution in [0, 0.1) is 19.7 Å². The molecule has 1 aliphatic rings. The maximum atomic E-state index is 13.2. The summed E-state index contributed by atoms with van der Waals surface area (Å²) in [4.78, 5) is 12.8. The molecular weight excluding hydrogens is 451 g/mol. The second-order valence-electron chi connectivity index (χ2n) is 7.93. The highest BCUT2D eigenvalue weighted by molar-refractivity contribution is 7.89. The Morgan fingerprint density at radius 1 is 1.12 bits per heavy atom. The van der Waals surface area contributed by atoms with Crippen LogP contribution in [0.3, 0.4) is 0 Å². The van der Waals surface area contributed by atoms with Gasteiger partial charge >= 0.3 is 0 Å². The predicted octanol–water partition coefficient (Wildman–Crippen LogP) is 4.11. The van der Waals surface area contributed by atoms with E-state index >= 15 is 0 Å². The summed E-state index contributed by atoms with van der Waals surface area (Å²) in [5.41, 5.74) is 2.26. The number of halogens is 1. The van der Waals surface area contributed by atoms with Gasteiger partial charge in [-0.2, -0.15) is 4.31 Å². The van der Waals surface area contributed by atoms with Crippen LogP contribution in [0.25, 0.3) is 0 Å². The topological polar surface area (TPSA) is 92.3 Å². The van der Waals surface area contributed by atoms with Gasteiger partial charge in [-0.25, -0.2) is 12.8 Å². The Morgan fingerprint density at radius 3 is 2.50 bits per heavy atom. The standard InChI is InChI=1S/C22H23FN4O3S2/c1-14-10-15(2)12-19(11-14)32(29,30)27-9-3-4-16(13-27)21-25-26-22(31-21)20(28)24-18-7-5-17(23)6-8-18/h5-8,10-12,16H,3-4,9,13H2,1-2H3,(H,24,28)/t16-/m1/s1.